The maximum absolute atomic E-state index is 16.0. The van der Waals surface area contributed by atoms with E-state index in [-0.39, 0.29) is 46.9 Å². The summed E-state index contributed by atoms with van der Waals surface area (Å²) in [5, 5.41) is 0. The number of ether oxygens (including phenoxy) is 1. The van der Waals surface area contributed by atoms with Crippen molar-refractivity contribution < 1.29 is 35.5 Å². The van der Waals surface area contributed by atoms with Crippen molar-refractivity contribution in [3.05, 3.63) is 71.4 Å². The van der Waals surface area contributed by atoms with E-state index in [9.17, 15) is 13.2 Å². The minimum Gasteiger partial charge on any atom is -0.454 e. The number of para-hydroxylation sites is 1. The first-order valence-electron chi connectivity index (χ1n) is 15.8. The van der Waals surface area contributed by atoms with Crippen LogP contribution in [-0.4, -0.2) is 66.6 Å². The molecule has 1 spiro atoms. The number of hydrogen-bond donors (Lipinski definition) is 0. The van der Waals surface area contributed by atoms with Gasteiger partial charge >= 0.3 is 6.18 Å². The van der Waals surface area contributed by atoms with Crippen molar-refractivity contribution in [3.63, 3.8) is 0 Å². The molecule has 6 nitrogen and oxygen atoms in total. The molecule has 3 aliphatic heterocycles. The van der Waals surface area contributed by atoms with E-state index in [1.165, 1.54) is 35.4 Å². The van der Waals surface area contributed by atoms with Crippen LogP contribution in [0.2, 0.25) is 0 Å². The Morgan fingerprint density at radius 3 is 2.36 bits per heavy atom. The summed E-state index contributed by atoms with van der Waals surface area (Å²) in [6.07, 6.45) is 1.13. The zero-order valence-corrected chi connectivity index (χ0v) is 26.0. The normalized spacial score (nSPS) is 20.2. The van der Waals surface area contributed by atoms with Gasteiger partial charge in [-0.3, -0.25) is 4.98 Å². The first-order chi connectivity index (χ1) is 22.4. The van der Waals surface area contributed by atoms with Gasteiger partial charge in [-0.15, -0.1) is 0 Å². The fraction of sp³-hybridized carbons (Fsp3) is 0.471. The van der Waals surface area contributed by atoms with Gasteiger partial charge in [0.15, 0.2) is 17.4 Å². The van der Waals surface area contributed by atoms with Gasteiger partial charge in [0.1, 0.15) is 22.8 Å². The number of halogens is 7. The van der Waals surface area contributed by atoms with Crippen molar-refractivity contribution in [2.75, 3.05) is 55.6 Å². The highest BCUT2D eigenvalue weighted by Gasteiger charge is 2.44. The number of alkyl halides is 5. The lowest BCUT2D eigenvalue weighted by Crippen LogP contribution is -2.50. The van der Waals surface area contributed by atoms with Crippen LogP contribution in [0.3, 0.4) is 0 Å². The van der Waals surface area contributed by atoms with Gasteiger partial charge in [-0.1, -0.05) is 19.1 Å². The molecule has 6 rings (SSSR count). The van der Waals surface area contributed by atoms with E-state index in [0.717, 1.165) is 63.3 Å². The van der Waals surface area contributed by atoms with Gasteiger partial charge in [0.05, 0.1) is 24.6 Å². The lowest BCUT2D eigenvalue weighted by Gasteiger charge is -2.49. The van der Waals surface area contributed by atoms with Gasteiger partial charge < -0.3 is 19.4 Å². The Kier molecular flexibility index (Phi) is 9.12. The van der Waals surface area contributed by atoms with E-state index in [1.807, 2.05) is 0 Å². The number of benzene rings is 2. The van der Waals surface area contributed by atoms with Crippen LogP contribution in [0.25, 0.3) is 11.9 Å². The van der Waals surface area contributed by atoms with Crippen LogP contribution in [0.1, 0.15) is 55.8 Å². The van der Waals surface area contributed by atoms with Crippen LogP contribution in [-0.2, 0) is 6.18 Å². The zero-order valence-electron chi connectivity index (χ0n) is 26.0. The molecule has 0 amide bonds. The lowest BCUT2D eigenvalue weighted by atomic mass is 9.72. The van der Waals surface area contributed by atoms with Gasteiger partial charge in [-0.05, 0) is 81.1 Å². The number of nitrogens with zero attached hydrogens (tertiary/aromatic N) is 5. The molecule has 252 valence electrons. The highest BCUT2D eigenvalue weighted by Crippen LogP contribution is 2.50. The van der Waals surface area contributed by atoms with Crippen LogP contribution >= 0.6 is 0 Å². The van der Waals surface area contributed by atoms with Crippen LogP contribution in [0.15, 0.2) is 48.8 Å². The van der Waals surface area contributed by atoms with E-state index in [0.29, 0.717) is 19.5 Å². The van der Waals surface area contributed by atoms with Gasteiger partial charge in [0, 0.05) is 31.6 Å². The minimum atomic E-state index is -4.95. The summed E-state index contributed by atoms with van der Waals surface area (Å²) in [7, 11) is 0. The molecular weight excluding hydrogens is 627 g/mol. The molecule has 0 bridgehead atoms. The third kappa shape index (κ3) is 7.19. The highest BCUT2D eigenvalue weighted by atomic mass is 19.4. The molecule has 3 aliphatic rings. The van der Waals surface area contributed by atoms with Crippen molar-refractivity contribution in [1.29, 1.82) is 0 Å². The topological polar surface area (TPSA) is 44.7 Å². The second-order valence-electron chi connectivity index (χ2n) is 12.6. The molecular formula is C34H36F7N5O. The first kappa shape index (κ1) is 33.0. The highest BCUT2D eigenvalue weighted by molar-refractivity contribution is 5.84. The molecule has 13 heteroatoms. The fourth-order valence-electron chi connectivity index (χ4n) is 6.97. The first-order valence-corrected chi connectivity index (χ1v) is 15.8. The average molecular weight is 664 g/mol. The number of aromatic nitrogens is 2. The van der Waals surface area contributed by atoms with E-state index >= 15 is 17.6 Å². The summed E-state index contributed by atoms with van der Waals surface area (Å²) in [5.41, 5.74) is -1.98. The largest absolute Gasteiger partial charge is 0.454 e. The molecule has 0 atom stereocenters. The van der Waals surface area contributed by atoms with Crippen molar-refractivity contribution in [1.82, 2.24) is 14.9 Å². The molecule has 4 heterocycles. The second-order valence-corrected chi connectivity index (χ2v) is 12.6. The number of piperidine rings is 2. The van der Waals surface area contributed by atoms with Crippen LogP contribution < -0.4 is 14.5 Å². The lowest BCUT2D eigenvalue weighted by molar-refractivity contribution is -0.138. The predicted molar refractivity (Wildman–Crippen MR) is 166 cm³/mol. The van der Waals surface area contributed by atoms with Crippen molar-refractivity contribution in [3.8, 4) is 11.5 Å². The summed E-state index contributed by atoms with van der Waals surface area (Å²) < 4.78 is 109. The predicted octanol–water partition coefficient (Wildman–Crippen LogP) is 8.44. The Morgan fingerprint density at radius 1 is 0.915 bits per heavy atom. The molecule has 3 saturated heterocycles. The van der Waals surface area contributed by atoms with Gasteiger partial charge in [0.25, 0.3) is 5.92 Å². The number of anilines is 2. The third-order valence-electron chi connectivity index (χ3n) is 9.49. The SMILES string of the molecule is CCN1CCC2(CCCN(c3c(/C=C(\F)c4cncc(N5CCC(F)(F)C5)n4)ccc(Oc4ccccc4F)c3C(F)(F)F)C2)CC1. The Labute approximate surface area is 268 Å². The molecule has 2 aromatic carbocycles. The second kappa shape index (κ2) is 13.0. The summed E-state index contributed by atoms with van der Waals surface area (Å²) in [6, 6.07) is 7.56. The fourth-order valence-corrected chi connectivity index (χ4v) is 6.97. The average Bonchev–Trinajstić information content (AvgIpc) is 3.42. The molecule has 0 radical (unpaired) electrons. The van der Waals surface area contributed by atoms with Crippen molar-refractivity contribution in [2.24, 2.45) is 5.41 Å². The quantitative estimate of drug-likeness (QED) is 0.237. The number of hydrogen-bond acceptors (Lipinski definition) is 6. The van der Waals surface area contributed by atoms with Gasteiger partial charge in [0.2, 0.25) is 0 Å². The molecule has 3 aromatic rings. The molecule has 0 aliphatic carbocycles. The standard InChI is InChI=1S/C34H36F7N5O/c1-2-44-15-11-32(12-16-44)10-5-14-46(21-32)31-23(8-9-28(30(31)34(39,40)41)47-27-7-4-3-6-24(27)35)18-25(36)26-19-42-20-29(43-26)45-17-13-33(37,38)22-45/h3-4,6-9,18-20H,2,5,10-17,21-22H2,1H3/b25-18-. The maximum Gasteiger partial charge on any atom is 0.422 e. The van der Waals surface area contributed by atoms with E-state index in [2.05, 4.69) is 21.8 Å². The molecule has 0 unspecified atom stereocenters. The monoisotopic (exact) mass is 663 g/mol. The van der Waals surface area contributed by atoms with Crippen LogP contribution in [0, 0.1) is 11.2 Å². The Bertz CT molecular complexity index is 1620. The molecule has 3 fully saturated rings. The van der Waals surface area contributed by atoms with Crippen molar-refractivity contribution in [2.45, 2.75) is 51.1 Å². The van der Waals surface area contributed by atoms with Crippen molar-refractivity contribution >= 4 is 23.4 Å². The Morgan fingerprint density at radius 2 is 1.68 bits per heavy atom. The van der Waals surface area contributed by atoms with E-state index < -0.39 is 41.6 Å². The molecule has 47 heavy (non-hydrogen) atoms. The molecule has 0 saturated carbocycles. The number of rotatable bonds is 7. The van der Waals surface area contributed by atoms with Crippen LogP contribution in [0.4, 0.5) is 42.2 Å². The molecule has 0 N–H and O–H groups in total. The maximum atomic E-state index is 16.0. The van der Waals surface area contributed by atoms with E-state index in [1.54, 1.807) is 4.90 Å². The van der Waals surface area contributed by atoms with E-state index in [4.69, 9.17) is 4.74 Å². The van der Waals surface area contributed by atoms with Gasteiger partial charge in [-0.2, -0.15) is 13.2 Å². The summed E-state index contributed by atoms with van der Waals surface area (Å²) in [5.74, 6) is -5.66. The smallest absolute Gasteiger partial charge is 0.422 e. The number of likely N-dealkylation sites (tertiary alicyclic amines) is 1. The van der Waals surface area contributed by atoms with Crippen LogP contribution in [0.5, 0.6) is 11.5 Å². The third-order valence-corrected chi connectivity index (χ3v) is 9.49. The zero-order chi connectivity index (χ0) is 33.4. The molecule has 1 aromatic heterocycles. The Balaban J connectivity index is 1.43. The summed E-state index contributed by atoms with van der Waals surface area (Å²) >= 11 is 0. The summed E-state index contributed by atoms with van der Waals surface area (Å²) in [4.78, 5) is 13.4. The summed E-state index contributed by atoms with van der Waals surface area (Å²) in [6.45, 7) is 4.70. The Hall–Kier alpha value is -3.87. The van der Waals surface area contributed by atoms with Gasteiger partial charge in [-0.25, -0.2) is 22.5 Å². The minimum absolute atomic E-state index is 0.00571.